The van der Waals surface area contributed by atoms with Crippen LogP contribution in [0.2, 0.25) is 5.02 Å². The Bertz CT molecular complexity index is 419. The average molecular weight is 260 g/mol. The Morgan fingerprint density at radius 2 is 2.12 bits per heavy atom. The second kappa shape index (κ2) is 5.10. The number of hydrogen-bond donors (Lipinski definition) is 2. The van der Waals surface area contributed by atoms with E-state index in [1.807, 2.05) is 0 Å². The van der Waals surface area contributed by atoms with E-state index in [0.717, 1.165) is 25.9 Å². The Hall–Kier alpha value is -1.00. The largest absolute Gasteiger partial charge is 0.504 e. The molecule has 0 aliphatic carbocycles. The molecule has 0 unspecified atom stereocenters. The molecular formula is C12H15ClFNO2. The van der Waals surface area contributed by atoms with Crippen LogP contribution < -0.4 is 10.1 Å². The lowest BCUT2D eigenvalue weighted by molar-refractivity contribution is 0.351. The highest BCUT2D eigenvalue weighted by molar-refractivity contribution is 6.31. The first kappa shape index (κ1) is 12.5. The van der Waals surface area contributed by atoms with E-state index in [1.54, 1.807) is 0 Å². The molecule has 1 saturated heterocycles. The molecule has 0 spiro atoms. The van der Waals surface area contributed by atoms with Crippen molar-refractivity contribution in [1.29, 1.82) is 0 Å². The summed E-state index contributed by atoms with van der Waals surface area (Å²) in [6.45, 7) is 1.67. The standard InChI is InChI=1S/C12H15ClFNO2/c1-17-12-9(16)6-8(13)11(14)10(12)7-2-4-15-5-3-7/h6-7,15-16H,2-5H2,1H3. The summed E-state index contributed by atoms with van der Waals surface area (Å²) in [6.07, 6.45) is 1.63. The molecule has 0 radical (unpaired) electrons. The van der Waals surface area contributed by atoms with Crippen molar-refractivity contribution in [2.75, 3.05) is 20.2 Å². The smallest absolute Gasteiger partial charge is 0.166 e. The van der Waals surface area contributed by atoms with Gasteiger partial charge in [0.15, 0.2) is 11.5 Å². The molecule has 0 atom stereocenters. The van der Waals surface area contributed by atoms with E-state index in [4.69, 9.17) is 16.3 Å². The van der Waals surface area contributed by atoms with Crippen LogP contribution in [0.25, 0.3) is 0 Å². The molecule has 2 rings (SSSR count). The van der Waals surface area contributed by atoms with E-state index >= 15 is 0 Å². The molecule has 0 amide bonds. The number of nitrogens with one attached hydrogen (secondary N) is 1. The molecular weight excluding hydrogens is 245 g/mol. The summed E-state index contributed by atoms with van der Waals surface area (Å²) in [6, 6.07) is 1.18. The van der Waals surface area contributed by atoms with Gasteiger partial charge in [0.05, 0.1) is 12.1 Å². The maximum Gasteiger partial charge on any atom is 0.166 e. The average Bonchev–Trinajstić information content (AvgIpc) is 2.34. The van der Waals surface area contributed by atoms with Gasteiger partial charge in [-0.15, -0.1) is 0 Å². The summed E-state index contributed by atoms with van der Waals surface area (Å²) < 4.78 is 19.2. The van der Waals surface area contributed by atoms with Crippen LogP contribution in [-0.2, 0) is 0 Å². The third-order valence-electron chi connectivity index (χ3n) is 3.14. The van der Waals surface area contributed by atoms with Crippen molar-refractivity contribution < 1.29 is 14.2 Å². The topological polar surface area (TPSA) is 41.5 Å². The predicted octanol–water partition coefficient (Wildman–Crippen LogP) is 2.66. The molecule has 3 nitrogen and oxygen atoms in total. The molecule has 1 aliphatic rings. The number of phenols is 1. The first-order valence-electron chi connectivity index (χ1n) is 5.60. The lowest BCUT2D eigenvalue weighted by atomic mass is 9.89. The summed E-state index contributed by atoms with van der Waals surface area (Å²) in [7, 11) is 1.42. The van der Waals surface area contributed by atoms with Crippen LogP contribution in [0.15, 0.2) is 6.07 Å². The van der Waals surface area contributed by atoms with E-state index < -0.39 is 5.82 Å². The van der Waals surface area contributed by atoms with Crippen molar-refractivity contribution in [3.63, 3.8) is 0 Å². The minimum atomic E-state index is -0.479. The van der Waals surface area contributed by atoms with Crippen LogP contribution in [0.4, 0.5) is 4.39 Å². The van der Waals surface area contributed by atoms with Crippen LogP contribution in [0.1, 0.15) is 24.3 Å². The van der Waals surface area contributed by atoms with Gasteiger partial charge in [-0.05, 0) is 31.8 Å². The molecule has 1 heterocycles. The number of aromatic hydroxyl groups is 1. The van der Waals surface area contributed by atoms with Crippen LogP contribution in [0.5, 0.6) is 11.5 Å². The molecule has 1 aromatic carbocycles. The highest BCUT2D eigenvalue weighted by Gasteiger charge is 2.26. The Morgan fingerprint density at radius 1 is 1.47 bits per heavy atom. The van der Waals surface area contributed by atoms with Gasteiger partial charge in [0.25, 0.3) is 0 Å². The van der Waals surface area contributed by atoms with Crippen LogP contribution in [-0.4, -0.2) is 25.3 Å². The van der Waals surface area contributed by atoms with Crippen molar-refractivity contribution in [2.24, 2.45) is 0 Å². The number of ether oxygens (including phenoxy) is 1. The maximum absolute atomic E-state index is 14.1. The fourth-order valence-electron chi connectivity index (χ4n) is 2.30. The van der Waals surface area contributed by atoms with Crippen molar-refractivity contribution in [2.45, 2.75) is 18.8 Å². The normalized spacial score (nSPS) is 17.1. The molecule has 17 heavy (non-hydrogen) atoms. The molecule has 5 heteroatoms. The second-order valence-electron chi connectivity index (χ2n) is 4.16. The fraction of sp³-hybridized carbons (Fsp3) is 0.500. The number of rotatable bonds is 2. The van der Waals surface area contributed by atoms with Gasteiger partial charge in [-0.3, -0.25) is 0 Å². The van der Waals surface area contributed by atoms with Gasteiger partial charge in [0, 0.05) is 11.6 Å². The van der Waals surface area contributed by atoms with Gasteiger partial charge >= 0.3 is 0 Å². The van der Waals surface area contributed by atoms with E-state index in [0.29, 0.717) is 5.56 Å². The lowest BCUT2D eigenvalue weighted by Crippen LogP contribution is -2.27. The minimum absolute atomic E-state index is 0.0378. The minimum Gasteiger partial charge on any atom is -0.504 e. The Balaban J connectivity index is 2.48. The first-order valence-corrected chi connectivity index (χ1v) is 5.98. The predicted molar refractivity (Wildman–Crippen MR) is 64.5 cm³/mol. The quantitative estimate of drug-likeness (QED) is 0.858. The fourth-order valence-corrected chi connectivity index (χ4v) is 2.51. The Morgan fingerprint density at radius 3 is 2.71 bits per heavy atom. The van der Waals surface area contributed by atoms with Crippen LogP contribution in [0, 0.1) is 5.82 Å². The summed E-state index contributed by atoms with van der Waals surface area (Å²) in [5.74, 6) is -0.338. The van der Waals surface area contributed by atoms with Gasteiger partial charge in [-0.25, -0.2) is 4.39 Å². The number of benzene rings is 1. The van der Waals surface area contributed by atoms with Crippen molar-refractivity contribution in [3.8, 4) is 11.5 Å². The van der Waals surface area contributed by atoms with Crippen LogP contribution in [0.3, 0.4) is 0 Å². The van der Waals surface area contributed by atoms with E-state index in [-0.39, 0.29) is 22.4 Å². The highest BCUT2D eigenvalue weighted by atomic mass is 35.5. The number of methoxy groups -OCH3 is 1. The molecule has 1 fully saturated rings. The van der Waals surface area contributed by atoms with E-state index in [1.165, 1.54) is 13.2 Å². The van der Waals surface area contributed by atoms with Crippen molar-refractivity contribution in [3.05, 3.63) is 22.5 Å². The molecule has 1 aromatic rings. The Labute approximate surface area is 105 Å². The summed E-state index contributed by atoms with van der Waals surface area (Å²) in [5, 5.41) is 12.9. The lowest BCUT2D eigenvalue weighted by Gasteiger charge is -2.25. The Kier molecular flexibility index (Phi) is 3.74. The second-order valence-corrected chi connectivity index (χ2v) is 4.57. The summed E-state index contributed by atoms with van der Waals surface area (Å²) in [5.41, 5.74) is 0.402. The molecule has 1 aliphatic heterocycles. The third kappa shape index (κ3) is 2.33. The first-order chi connectivity index (χ1) is 8.15. The van der Waals surface area contributed by atoms with Gasteiger partial charge in [0.1, 0.15) is 5.82 Å². The van der Waals surface area contributed by atoms with Gasteiger partial charge in [-0.2, -0.15) is 0 Å². The zero-order valence-electron chi connectivity index (χ0n) is 9.59. The number of piperidine rings is 1. The van der Waals surface area contributed by atoms with E-state index in [2.05, 4.69) is 5.32 Å². The summed E-state index contributed by atoms with van der Waals surface area (Å²) in [4.78, 5) is 0. The molecule has 0 aromatic heterocycles. The van der Waals surface area contributed by atoms with Gasteiger partial charge < -0.3 is 15.2 Å². The van der Waals surface area contributed by atoms with Crippen molar-refractivity contribution >= 4 is 11.6 Å². The van der Waals surface area contributed by atoms with Gasteiger partial charge in [0.2, 0.25) is 0 Å². The highest BCUT2D eigenvalue weighted by Crippen LogP contribution is 2.42. The maximum atomic E-state index is 14.1. The number of phenolic OH excluding ortho intramolecular Hbond substituents is 1. The zero-order chi connectivity index (χ0) is 12.4. The van der Waals surface area contributed by atoms with Gasteiger partial charge in [-0.1, -0.05) is 11.6 Å². The monoisotopic (exact) mass is 259 g/mol. The van der Waals surface area contributed by atoms with Crippen LogP contribution >= 0.6 is 11.6 Å². The molecule has 94 valence electrons. The summed E-state index contributed by atoms with van der Waals surface area (Å²) >= 11 is 5.76. The molecule has 0 saturated carbocycles. The SMILES string of the molecule is COc1c(O)cc(Cl)c(F)c1C1CCNCC1. The van der Waals surface area contributed by atoms with E-state index in [9.17, 15) is 9.50 Å². The third-order valence-corrected chi connectivity index (χ3v) is 3.41. The number of halogens is 2. The zero-order valence-corrected chi connectivity index (χ0v) is 10.4. The molecule has 0 bridgehead atoms. The molecule has 2 N–H and O–H groups in total. The number of hydrogen-bond acceptors (Lipinski definition) is 3. The van der Waals surface area contributed by atoms with Crippen molar-refractivity contribution in [1.82, 2.24) is 5.32 Å².